The van der Waals surface area contributed by atoms with Gasteiger partial charge in [-0.2, -0.15) is 0 Å². The molecule has 1 atom stereocenters. The van der Waals surface area contributed by atoms with Crippen molar-refractivity contribution in [1.29, 1.82) is 0 Å². The molecule has 1 aromatic carbocycles. The van der Waals surface area contributed by atoms with Crippen LogP contribution < -0.4 is 10.2 Å². The van der Waals surface area contributed by atoms with Crippen molar-refractivity contribution in [1.82, 2.24) is 5.32 Å². The molecule has 0 aliphatic carbocycles. The van der Waals surface area contributed by atoms with E-state index in [0.717, 1.165) is 30.9 Å². The predicted octanol–water partition coefficient (Wildman–Crippen LogP) is 2.70. The van der Waals surface area contributed by atoms with Crippen LogP contribution in [0.3, 0.4) is 0 Å². The van der Waals surface area contributed by atoms with E-state index in [4.69, 9.17) is 4.74 Å². The van der Waals surface area contributed by atoms with Gasteiger partial charge < -0.3 is 20.1 Å². The maximum absolute atomic E-state index is 10.2. The van der Waals surface area contributed by atoms with Crippen LogP contribution in [-0.4, -0.2) is 38.5 Å². The standard InChI is InChI=1S/C16H26N2O2/c1-5-9-18(10-11-20-4)14-7-8-15(16(19)12-14)13(3)17-6-2/h5,7-8,12-13,17,19H,1,6,9-11H2,2-4H3. The van der Waals surface area contributed by atoms with Crippen LogP contribution in [0.5, 0.6) is 5.75 Å². The Balaban J connectivity index is 2.90. The summed E-state index contributed by atoms with van der Waals surface area (Å²) in [4.78, 5) is 2.12. The minimum Gasteiger partial charge on any atom is -0.508 e. The zero-order chi connectivity index (χ0) is 15.0. The molecule has 1 unspecified atom stereocenters. The van der Waals surface area contributed by atoms with E-state index in [9.17, 15) is 5.11 Å². The van der Waals surface area contributed by atoms with Gasteiger partial charge in [0.25, 0.3) is 0 Å². The second-order valence-corrected chi connectivity index (χ2v) is 4.75. The van der Waals surface area contributed by atoms with Gasteiger partial charge in [-0.05, 0) is 19.5 Å². The van der Waals surface area contributed by atoms with Crippen molar-refractivity contribution >= 4 is 5.69 Å². The molecule has 0 aliphatic rings. The highest BCUT2D eigenvalue weighted by atomic mass is 16.5. The van der Waals surface area contributed by atoms with Crippen LogP contribution in [0.2, 0.25) is 0 Å². The van der Waals surface area contributed by atoms with E-state index in [0.29, 0.717) is 12.4 Å². The number of hydrogen-bond donors (Lipinski definition) is 2. The molecule has 0 aliphatic heterocycles. The largest absolute Gasteiger partial charge is 0.508 e. The lowest BCUT2D eigenvalue weighted by atomic mass is 10.1. The molecular weight excluding hydrogens is 252 g/mol. The molecule has 0 aromatic heterocycles. The highest BCUT2D eigenvalue weighted by Gasteiger charge is 2.12. The molecule has 0 heterocycles. The molecule has 0 bridgehead atoms. The lowest BCUT2D eigenvalue weighted by Crippen LogP contribution is -2.27. The van der Waals surface area contributed by atoms with Crippen LogP contribution in [0.1, 0.15) is 25.5 Å². The van der Waals surface area contributed by atoms with E-state index in [1.807, 2.05) is 31.2 Å². The molecule has 20 heavy (non-hydrogen) atoms. The monoisotopic (exact) mass is 278 g/mol. The molecular formula is C16H26N2O2. The predicted molar refractivity (Wildman–Crippen MR) is 84.5 cm³/mol. The van der Waals surface area contributed by atoms with Crippen LogP contribution in [0.15, 0.2) is 30.9 Å². The summed E-state index contributed by atoms with van der Waals surface area (Å²) in [6.07, 6.45) is 1.85. The molecule has 2 N–H and O–H groups in total. The van der Waals surface area contributed by atoms with Gasteiger partial charge in [0, 0.05) is 43.6 Å². The smallest absolute Gasteiger partial charge is 0.122 e. The van der Waals surface area contributed by atoms with Crippen LogP contribution in [0.4, 0.5) is 5.69 Å². The fourth-order valence-electron chi connectivity index (χ4n) is 2.19. The molecule has 0 amide bonds. The minimum atomic E-state index is 0.140. The average molecular weight is 278 g/mol. The van der Waals surface area contributed by atoms with E-state index in [2.05, 4.69) is 23.7 Å². The topological polar surface area (TPSA) is 44.7 Å². The fraction of sp³-hybridized carbons (Fsp3) is 0.500. The molecule has 112 valence electrons. The summed E-state index contributed by atoms with van der Waals surface area (Å²) in [5.74, 6) is 0.322. The van der Waals surface area contributed by atoms with Crippen LogP contribution in [0, 0.1) is 0 Å². The number of aromatic hydroxyl groups is 1. The number of nitrogens with one attached hydrogen (secondary N) is 1. The molecule has 0 spiro atoms. The average Bonchev–Trinajstić information content (AvgIpc) is 2.43. The van der Waals surface area contributed by atoms with Gasteiger partial charge in [-0.1, -0.05) is 19.1 Å². The lowest BCUT2D eigenvalue weighted by molar-refractivity contribution is 0.206. The Bertz CT molecular complexity index is 421. The third-order valence-electron chi connectivity index (χ3n) is 3.27. The van der Waals surface area contributed by atoms with Crippen molar-refractivity contribution in [2.24, 2.45) is 0 Å². The normalized spacial score (nSPS) is 12.2. The Morgan fingerprint density at radius 1 is 1.50 bits per heavy atom. The Labute approximate surface area is 122 Å². The van der Waals surface area contributed by atoms with Gasteiger partial charge in [0.05, 0.1) is 6.61 Å². The number of phenolic OH excluding ortho intramolecular Hbond substituents is 1. The minimum absolute atomic E-state index is 0.140. The van der Waals surface area contributed by atoms with Crippen LogP contribution >= 0.6 is 0 Å². The summed E-state index contributed by atoms with van der Waals surface area (Å²) in [7, 11) is 1.69. The first-order chi connectivity index (χ1) is 9.63. The van der Waals surface area contributed by atoms with Gasteiger partial charge in [0.1, 0.15) is 5.75 Å². The number of anilines is 1. The van der Waals surface area contributed by atoms with E-state index in [-0.39, 0.29) is 6.04 Å². The summed E-state index contributed by atoms with van der Waals surface area (Å²) in [6, 6.07) is 5.95. The summed E-state index contributed by atoms with van der Waals surface area (Å²) < 4.78 is 5.12. The molecule has 0 saturated carbocycles. The van der Waals surface area contributed by atoms with Crippen molar-refractivity contribution in [3.05, 3.63) is 36.4 Å². The van der Waals surface area contributed by atoms with E-state index in [1.54, 1.807) is 7.11 Å². The van der Waals surface area contributed by atoms with Gasteiger partial charge in [-0.3, -0.25) is 0 Å². The summed E-state index contributed by atoms with van der Waals surface area (Å²) in [5, 5.41) is 13.5. The number of methoxy groups -OCH3 is 1. The Morgan fingerprint density at radius 3 is 2.80 bits per heavy atom. The van der Waals surface area contributed by atoms with Crippen molar-refractivity contribution in [3.8, 4) is 5.75 Å². The van der Waals surface area contributed by atoms with Gasteiger partial charge in [-0.15, -0.1) is 6.58 Å². The molecule has 0 saturated heterocycles. The quantitative estimate of drug-likeness (QED) is 0.682. The van der Waals surface area contributed by atoms with E-state index < -0.39 is 0 Å². The maximum Gasteiger partial charge on any atom is 0.122 e. The molecule has 1 aromatic rings. The lowest BCUT2D eigenvalue weighted by Gasteiger charge is -2.24. The third kappa shape index (κ3) is 4.54. The SMILES string of the molecule is C=CCN(CCOC)c1ccc(C(C)NCC)c(O)c1. The number of hydrogen-bond acceptors (Lipinski definition) is 4. The first-order valence-electron chi connectivity index (χ1n) is 7.05. The Kier molecular flexibility index (Phi) is 7.12. The summed E-state index contributed by atoms with van der Waals surface area (Å²) >= 11 is 0. The van der Waals surface area contributed by atoms with Crippen LogP contribution in [0.25, 0.3) is 0 Å². The summed E-state index contributed by atoms with van der Waals surface area (Å²) in [5.41, 5.74) is 1.90. The number of phenols is 1. The highest BCUT2D eigenvalue weighted by molar-refractivity contribution is 5.54. The Hall–Kier alpha value is -1.52. The molecule has 4 heteroatoms. The number of benzene rings is 1. The van der Waals surface area contributed by atoms with Gasteiger partial charge >= 0.3 is 0 Å². The second-order valence-electron chi connectivity index (χ2n) is 4.75. The van der Waals surface area contributed by atoms with Gasteiger partial charge in [-0.25, -0.2) is 0 Å². The first kappa shape index (κ1) is 16.5. The van der Waals surface area contributed by atoms with Crippen LogP contribution in [-0.2, 0) is 4.74 Å². The zero-order valence-electron chi connectivity index (χ0n) is 12.7. The molecule has 0 fully saturated rings. The van der Waals surface area contributed by atoms with Crippen molar-refractivity contribution in [2.45, 2.75) is 19.9 Å². The highest BCUT2D eigenvalue weighted by Crippen LogP contribution is 2.29. The number of nitrogens with zero attached hydrogens (tertiary/aromatic N) is 1. The third-order valence-corrected chi connectivity index (χ3v) is 3.27. The van der Waals surface area contributed by atoms with E-state index in [1.165, 1.54) is 0 Å². The van der Waals surface area contributed by atoms with Gasteiger partial charge in [0.2, 0.25) is 0 Å². The Morgan fingerprint density at radius 2 is 2.25 bits per heavy atom. The maximum atomic E-state index is 10.2. The fourth-order valence-corrected chi connectivity index (χ4v) is 2.19. The molecule has 0 radical (unpaired) electrons. The molecule has 1 rings (SSSR count). The van der Waals surface area contributed by atoms with Crippen molar-refractivity contribution < 1.29 is 9.84 Å². The first-order valence-corrected chi connectivity index (χ1v) is 7.05. The summed E-state index contributed by atoms with van der Waals surface area (Å²) in [6.45, 7) is 10.9. The van der Waals surface area contributed by atoms with Crippen molar-refractivity contribution in [2.75, 3.05) is 38.3 Å². The van der Waals surface area contributed by atoms with Crippen molar-refractivity contribution in [3.63, 3.8) is 0 Å². The molecule has 4 nitrogen and oxygen atoms in total. The number of rotatable bonds is 9. The van der Waals surface area contributed by atoms with Gasteiger partial charge in [0.15, 0.2) is 0 Å². The zero-order valence-corrected chi connectivity index (χ0v) is 12.7. The number of ether oxygens (including phenoxy) is 1. The van der Waals surface area contributed by atoms with E-state index >= 15 is 0 Å². The second kappa shape index (κ2) is 8.61.